The second kappa shape index (κ2) is 6.68. The summed E-state index contributed by atoms with van der Waals surface area (Å²) in [5.74, 6) is 1.81. The molecule has 124 valence electrons. The molecule has 23 heavy (non-hydrogen) atoms. The first-order valence-corrected chi connectivity index (χ1v) is 9.04. The van der Waals surface area contributed by atoms with E-state index in [0.29, 0.717) is 17.7 Å². The average Bonchev–Trinajstić information content (AvgIpc) is 3.36. The van der Waals surface area contributed by atoms with Crippen molar-refractivity contribution in [1.82, 2.24) is 15.1 Å². The maximum Gasteiger partial charge on any atom is 0.257 e. The van der Waals surface area contributed by atoms with Crippen LogP contribution in [0, 0.1) is 5.92 Å². The van der Waals surface area contributed by atoms with Gasteiger partial charge in [0.25, 0.3) is 5.89 Å². The summed E-state index contributed by atoms with van der Waals surface area (Å²) in [5, 5.41) is 10.4. The van der Waals surface area contributed by atoms with E-state index in [1.165, 1.54) is 0 Å². The number of aromatic nitrogens is 2. The van der Waals surface area contributed by atoms with Crippen LogP contribution in [0.3, 0.4) is 0 Å². The zero-order chi connectivity index (χ0) is 15.6. The van der Waals surface area contributed by atoms with Crippen LogP contribution in [0.15, 0.2) is 21.9 Å². The van der Waals surface area contributed by atoms with Gasteiger partial charge in [0.2, 0.25) is 5.89 Å². The van der Waals surface area contributed by atoms with E-state index in [2.05, 4.69) is 22.0 Å². The number of likely N-dealkylation sites (tertiary alicyclic amines) is 1. The molecular formula is C16H21N3O3S. The first-order chi connectivity index (χ1) is 11.3. The molecule has 1 atom stereocenters. The summed E-state index contributed by atoms with van der Waals surface area (Å²) in [6.07, 6.45) is 2.17. The van der Waals surface area contributed by atoms with E-state index in [9.17, 15) is 0 Å². The van der Waals surface area contributed by atoms with E-state index in [4.69, 9.17) is 13.9 Å². The molecule has 0 saturated carbocycles. The van der Waals surface area contributed by atoms with Gasteiger partial charge in [0.1, 0.15) is 0 Å². The number of rotatable bonds is 4. The Hall–Kier alpha value is -1.28. The van der Waals surface area contributed by atoms with Crippen LogP contribution in [0.25, 0.3) is 10.8 Å². The normalized spacial score (nSPS) is 22.7. The van der Waals surface area contributed by atoms with Crippen LogP contribution >= 0.6 is 11.3 Å². The van der Waals surface area contributed by atoms with Crippen molar-refractivity contribution >= 4 is 11.3 Å². The van der Waals surface area contributed by atoms with Gasteiger partial charge in [0, 0.05) is 5.92 Å². The van der Waals surface area contributed by atoms with Crippen LogP contribution in [-0.4, -0.2) is 47.7 Å². The van der Waals surface area contributed by atoms with Crippen molar-refractivity contribution in [1.29, 1.82) is 0 Å². The average molecular weight is 335 g/mol. The van der Waals surface area contributed by atoms with Gasteiger partial charge in [-0.1, -0.05) is 6.07 Å². The fourth-order valence-electron chi connectivity index (χ4n) is 3.29. The van der Waals surface area contributed by atoms with E-state index >= 15 is 0 Å². The minimum absolute atomic E-state index is 0.00120. The molecule has 1 unspecified atom stereocenters. The molecule has 2 saturated heterocycles. The summed E-state index contributed by atoms with van der Waals surface area (Å²) in [7, 11) is 0. The van der Waals surface area contributed by atoms with Gasteiger partial charge in [-0.05, 0) is 44.3 Å². The van der Waals surface area contributed by atoms with Crippen molar-refractivity contribution in [2.24, 2.45) is 5.92 Å². The smallest absolute Gasteiger partial charge is 0.257 e. The molecule has 0 aromatic carbocycles. The zero-order valence-electron chi connectivity index (χ0n) is 13.2. The van der Waals surface area contributed by atoms with E-state index in [0.717, 1.165) is 44.0 Å². The fourth-order valence-corrected chi connectivity index (χ4v) is 3.93. The molecule has 0 bridgehead atoms. The number of nitrogens with zero attached hydrogens (tertiary/aromatic N) is 3. The third-order valence-corrected chi connectivity index (χ3v) is 5.54. The Bertz CT molecular complexity index is 616. The lowest BCUT2D eigenvalue weighted by atomic mass is 9.95. The van der Waals surface area contributed by atoms with Crippen molar-refractivity contribution in [3.8, 4) is 10.8 Å². The first-order valence-electron chi connectivity index (χ1n) is 8.16. The summed E-state index contributed by atoms with van der Waals surface area (Å²) < 4.78 is 17.1. The number of piperidine rings is 1. The topological polar surface area (TPSA) is 60.6 Å². The number of thiophene rings is 1. The summed E-state index contributed by atoms with van der Waals surface area (Å²) in [6, 6.07) is 4.13. The largest absolute Gasteiger partial charge is 0.418 e. The minimum atomic E-state index is 0.00120. The second-order valence-corrected chi connectivity index (χ2v) is 7.03. The van der Waals surface area contributed by atoms with Gasteiger partial charge in [-0.15, -0.1) is 21.5 Å². The zero-order valence-corrected chi connectivity index (χ0v) is 14.0. The Morgan fingerprint density at radius 3 is 2.70 bits per heavy atom. The van der Waals surface area contributed by atoms with Gasteiger partial charge in [-0.3, -0.25) is 4.90 Å². The molecule has 2 aliphatic heterocycles. The molecular weight excluding hydrogens is 314 g/mol. The molecule has 4 rings (SSSR count). The Labute approximate surface area is 139 Å². The monoisotopic (exact) mass is 335 g/mol. The Kier molecular flexibility index (Phi) is 4.43. The summed E-state index contributed by atoms with van der Waals surface area (Å²) in [6.45, 7) is 5.61. The second-order valence-electron chi connectivity index (χ2n) is 6.08. The van der Waals surface area contributed by atoms with Gasteiger partial charge in [0.05, 0.1) is 24.1 Å². The highest BCUT2D eigenvalue weighted by atomic mass is 32.1. The summed E-state index contributed by atoms with van der Waals surface area (Å²) >= 11 is 1.61. The molecule has 2 aliphatic rings. The fraction of sp³-hybridized carbons (Fsp3) is 0.625. The maximum atomic E-state index is 5.87. The quantitative estimate of drug-likeness (QED) is 0.856. The van der Waals surface area contributed by atoms with Crippen LogP contribution in [0.1, 0.15) is 31.7 Å². The van der Waals surface area contributed by atoms with Crippen molar-refractivity contribution in [2.45, 2.75) is 32.1 Å². The van der Waals surface area contributed by atoms with Crippen molar-refractivity contribution in [3.05, 3.63) is 23.4 Å². The van der Waals surface area contributed by atoms with Crippen molar-refractivity contribution in [2.75, 3.05) is 26.3 Å². The first kappa shape index (κ1) is 15.3. The molecule has 2 fully saturated rings. The van der Waals surface area contributed by atoms with Gasteiger partial charge >= 0.3 is 0 Å². The predicted octanol–water partition coefficient (Wildman–Crippen LogP) is 2.94. The third-order valence-electron chi connectivity index (χ3n) is 4.68. The molecule has 0 N–H and O–H groups in total. The van der Waals surface area contributed by atoms with Crippen LogP contribution in [0.4, 0.5) is 0 Å². The standard InChI is InChI=1S/C16H21N3O3S/c1-11(14-17-18-15(22-14)13-3-2-10-23-13)19-6-4-12(5-7-19)16-20-8-9-21-16/h2-3,10-12,16H,4-9H2,1H3. The van der Waals surface area contributed by atoms with E-state index in [-0.39, 0.29) is 12.3 Å². The molecule has 0 aliphatic carbocycles. The molecule has 7 heteroatoms. The lowest BCUT2D eigenvalue weighted by Crippen LogP contribution is -2.39. The molecule has 0 amide bonds. The van der Waals surface area contributed by atoms with Crippen LogP contribution in [0.5, 0.6) is 0 Å². The molecule has 2 aromatic heterocycles. The highest BCUT2D eigenvalue weighted by Gasteiger charge is 2.33. The van der Waals surface area contributed by atoms with Crippen molar-refractivity contribution in [3.63, 3.8) is 0 Å². The minimum Gasteiger partial charge on any atom is -0.418 e. The van der Waals surface area contributed by atoms with Gasteiger partial charge in [0.15, 0.2) is 6.29 Å². The SMILES string of the molecule is CC(c1nnc(-c2cccs2)o1)N1CCC(C2OCCO2)CC1. The highest BCUT2D eigenvalue weighted by Crippen LogP contribution is 2.31. The number of ether oxygens (including phenoxy) is 2. The Morgan fingerprint density at radius 2 is 2.00 bits per heavy atom. The van der Waals surface area contributed by atoms with Crippen molar-refractivity contribution < 1.29 is 13.9 Å². The van der Waals surface area contributed by atoms with Gasteiger partial charge in [-0.2, -0.15) is 0 Å². The van der Waals surface area contributed by atoms with Gasteiger partial charge < -0.3 is 13.9 Å². The maximum absolute atomic E-state index is 5.87. The van der Waals surface area contributed by atoms with E-state index in [1.807, 2.05) is 17.5 Å². The van der Waals surface area contributed by atoms with Crippen LogP contribution < -0.4 is 0 Å². The summed E-state index contributed by atoms with van der Waals surface area (Å²) in [4.78, 5) is 3.42. The Balaban J connectivity index is 1.37. The lowest BCUT2D eigenvalue weighted by molar-refractivity contribution is -0.0996. The lowest BCUT2D eigenvalue weighted by Gasteiger charge is -2.36. The molecule has 6 nitrogen and oxygen atoms in total. The Morgan fingerprint density at radius 1 is 1.22 bits per heavy atom. The molecule has 0 radical (unpaired) electrons. The van der Waals surface area contributed by atoms with E-state index in [1.54, 1.807) is 11.3 Å². The predicted molar refractivity (Wildman–Crippen MR) is 86.0 cm³/mol. The summed E-state index contributed by atoms with van der Waals surface area (Å²) in [5.41, 5.74) is 0. The van der Waals surface area contributed by atoms with Crippen LogP contribution in [0.2, 0.25) is 0 Å². The molecule has 4 heterocycles. The van der Waals surface area contributed by atoms with E-state index < -0.39 is 0 Å². The number of hydrogen-bond acceptors (Lipinski definition) is 7. The molecule has 2 aromatic rings. The highest BCUT2D eigenvalue weighted by molar-refractivity contribution is 7.13. The van der Waals surface area contributed by atoms with Crippen LogP contribution in [-0.2, 0) is 9.47 Å². The third kappa shape index (κ3) is 3.19. The van der Waals surface area contributed by atoms with Gasteiger partial charge in [-0.25, -0.2) is 0 Å². The molecule has 0 spiro atoms. The number of hydrogen-bond donors (Lipinski definition) is 0.